The van der Waals surface area contributed by atoms with Gasteiger partial charge in [0.25, 0.3) is 0 Å². The smallest absolute Gasteiger partial charge is 0.309 e. The van der Waals surface area contributed by atoms with E-state index in [1.165, 1.54) is 12.1 Å². The minimum atomic E-state index is -5.18. The van der Waals surface area contributed by atoms with Crippen molar-refractivity contribution in [2.75, 3.05) is 0 Å². The van der Waals surface area contributed by atoms with E-state index in [9.17, 15) is 5.26 Å². The first-order valence-corrected chi connectivity index (χ1v) is 28.6. The van der Waals surface area contributed by atoms with E-state index in [2.05, 4.69) is 6.07 Å². The Hall–Kier alpha value is -11.9. The molecule has 15 aromatic rings. The zero-order valence-electron chi connectivity index (χ0n) is 47.1. The number of benzene rings is 11. The standard InChI is InChI=1S/C75H43F6N9/c76-74(77,78)59-28-17-29-60(75(79,80)81)67(59)50-33-37-63(89-61-30-15-13-26-53(61)57-42-51(34-38-64(57)89)72-85-68(46-18-5-1-6-19-46)83-69(86-72)47-20-7-2-8-21-47)56(41-50)55-36-32-45(44-82)40-66(55)90-62-31-16-14-27-54(62)58-43-52(35-39-65(58)90)73-87-70(48-22-9-3-10-23-48)84-71(88-73)49-24-11-4-12-25-49/h1-43H. The van der Waals surface area contributed by atoms with Crippen LogP contribution in [0.25, 0.3) is 146 Å². The van der Waals surface area contributed by atoms with Crippen LogP contribution in [-0.2, 0) is 12.4 Å². The molecule has 0 bridgehead atoms. The van der Waals surface area contributed by atoms with Crippen molar-refractivity contribution >= 4 is 43.6 Å². The van der Waals surface area contributed by atoms with Crippen LogP contribution in [0, 0.1) is 11.3 Å². The molecule has 90 heavy (non-hydrogen) atoms. The molecule has 0 atom stereocenters. The maximum Gasteiger partial charge on any atom is 0.417 e. The number of alkyl halides is 6. The summed E-state index contributed by atoms with van der Waals surface area (Å²) in [7, 11) is 0. The SMILES string of the molecule is N#Cc1ccc(-c2cc(-c3c(C(F)(F)F)cccc3C(F)(F)F)ccc2-n2c3ccccc3c3cc(-c4nc(-c5ccccc5)nc(-c5ccccc5)n4)ccc32)c(-n2c3ccccc3c3cc(-c4nc(-c5ccccc5)nc(-c5ccccc5)n4)ccc32)c1. The van der Waals surface area contributed by atoms with E-state index in [0.717, 1.165) is 49.9 Å². The Kier molecular flexibility index (Phi) is 13.3. The second kappa shape index (κ2) is 21.8. The number of nitriles is 1. The van der Waals surface area contributed by atoms with E-state index in [1.807, 2.05) is 215 Å². The average Bonchev–Trinajstić information content (AvgIpc) is 1.66. The molecule has 4 aromatic heterocycles. The van der Waals surface area contributed by atoms with Crippen molar-refractivity contribution in [2.45, 2.75) is 12.4 Å². The summed E-state index contributed by atoms with van der Waals surface area (Å²) in [6.07, 6.45) is -10.4. The van der Waals surface area contributed by atoms with Gasteiger partial charge in [0, 0.05) is 71.6 Å². The number of para-hydroxylation sites is 2. The molecule has 0 aliphatic heterocycles. The molecule has 0 fully saturated rings. The van der Waals surface area contributed by atoms with Crippen LogP contribution in [0.1, 0.15) is 16.7 Å². The number of hydrogen-bond donors (Lipinski definition) is 0. The van der Waals surface area contributed by atoms with Gasteiger partial charge < -0.3 is 9.13 Å². The van der Waals surface area contributed by atoms with Gasteiger partial charge in [0.15, 0.2) is 34.9 Å². The quantitative estimate of drug-likeness (QED) is 0.125. The van der Waals surface area contributed by atoms with E-state index in [1.54, 1.807) is 24.3 Å². The van der Waals surface area contributed by atoms with Gasteiger partial charge >= 0.3 is 12.4 Å². The molecule has 0 aliphatic rings. The second-order valence-electron chi connectivity index (χ2n) is 21.5. The summed E-state index contributed by atoms with van der Waals surface area (Å²) in [6, 6.07) is 79.0. The predicted octanol–water partition coefficient (Wildman–Crippen LogP) is 19.5. The highest BCUT2D eigenvalue weighted by atomic mass is 19.4. The molecule has 0 saturated heterocycles. The molecule has 430 valence electrons. The highest BCUT2D eigenvalue weighted by Crippen LogP contribution is 2.48. The summed E-state index contributed by atoms with van der Waals surface area (Å²) < 4.78 is 95.6. The molecular weight excluding hydrogens is 1140 g/mol. The van der Waals surface area contributed by atoms with E-state index in [4.69, 9.17) is 29.9 Å². The Labute approximate surface area is 509 Å². The molecule has 0 unspecified atom stereocenters. The lowest BCUT2D eigenvalue weighted by Crippen LogP contribution is -2.14. The molecular formula is C75H43F6N9. The van der Waals surface area contributed by atoms with Gasteiger partial charge in [-0.05, 0) is 90.5 Å². The number of halogens is 6. The Morgan fingerprint density at radius 3 is 1.07 bits per heavy atom. The number of aromatic nitrogens is 8. The van der Waals surface area contributed by atoms with Crippen LogP contribution < -0.4 is 0 Å². The fraction of sp³-hybridized carbons (Fsp3) is 0.0267. The van der Waals surface area contributed by atoms with Gasteiger partial charge in [-0.1, -0.05) is 176 Å². The highest BCUT2D eigenvalue weighted by Gasteiger charge is 2.41. The van der Waals surface area contributed by atoms with Crippen LogP contribution in [0.2, 0.25) is 0 Å². The molecule has 9 nitrogen and oxygen atoms in total. The average molecular weight is 1180 g/mol. The molecule has 0 saturated carbocycles. The molecule has 11 aromatic carbocycles. The zero-order valence-corrected chi connectivity index (χ0v) is 47.1. The summed E-state index contributed by atoms with van der Waals surface area (Å²) >= 11 is 0. The monoisotopic (exact) mass is 1180 g/mol. The lowest BCUT2D eigenvalue weighted by Gasteiger charge is -2.22. The van der Waals surface area contributed by atoms with Gasteiger partial charge in [0.1, 0.15) is 0 Å². The summed E-state index contributed by atoms with van der Waals surface area (Å²) in [5.74, 6) is 2.68. The highest BCUT2D eigenvalue weighted by molar-refractivity contribution is 6.13. The van der Waals surface area contributed by atoms with E-state index < -0.39 is 29.0 Å². The fourth-order valence-electron chi connectivity index (χ4n) is 12.1. The van der Waals surface area contributed by atoms with Gasteiger partial charge in [-0.2, -0.15) is 31.6 Å². The number of nitrogens with zero attached hydrogens (tertiary/aromatic N) is 9. The lowest BCUT2D eigenvalue weighted by atomic mass is 9.90. The Morgan fingerprint density at radius 2 is 0.656 bits per heavy atom. The Morgan fingerprint density at radius 1 is 0.289 bits per heavy atom. The predicted molar refractivity (Wildman–Crippen MR) is 340 cm³/mol. The van der Waals surface area contributed by atoms with Crippen molar-refractivity contribution < 1.29 is 26.3 Å². The molecule has 0 amide bonds. The van der Waals surface area contributed by atoms with Crippen LogP contribution >= 0.6 is 0 Å². The molecule has 0 N–H and O–H groups in total. The normalized spacial score (nSPS) is 11.9. The van der Waals surface area contributed by atoms with Crippen LogP contribution in [-0.4, -0.2) is 39.0 Å². The Balaban J connectivity index is 0.977. The van der Waals surface area contributed by atoms with Crippen LogP contribution in [0.5, 0.6) is 0 Å². The van der Waals surface area contributed by atoms with Crippen molar-refractivity contribution in [2.24, 2.45) is 0 Å². The van der Waals surface area contributed by atoms with Gasteiger partial charge in [0.05, 0.1) is 56.2 Å². The first-order valence-electron chi connectivity index (χ1n) is 28.6. The summed E-state index contributed by atoms with van der Waals surface area (Å²) in [5, 5.41) is 13.8. The first-order chi connectivity index (χ1) is 43.8. The third-order valence-corrected chi connectivity index (χ3v) is 16.1. The summed E-state index contributed by atoms with van der Waals surface area (Å²) in [6.45, 7) is 0. The summed E-state index contributed by atoms with van der Waals surface area (Å²) in [5.41, 5.74) is 4.67. The van der Waals surface area contributed by atoms with Crippen LogP contribution in [0.3, 0.4) is 0 Å². The zero-order chi connectivity index (χ0) is 61.3. The third kappa shape index (κ3) is 9.73. The third-order valence-electron chi connectivity index (χ3n) is 16.1. The maximum absolute atomic E-state index is 15.3. The molecule has 4 heterocycles. The number of fused-ring (bicyclic) bond motifs is 6. The first kappa shape index (κ1) is 54.7. The van der Waals surface area contributed by atoms with Gasteiger partial charge in [-0.3, -0.25) is 0 Å². The van der Waals surface area contributed by atoms with Gasteiger partial charge in [-0.25, -0.2) is 29.9 Å². The molecule has 0 spiro atoms. The van der Waals surface area contributed by atoms with Crippen LogP contribution in [0.15, 0.2) is 261 Å². The van der Waals surface area contributed by atoms with Gasteiger partial charge in [-0.15, -0.1) is 0 Å². The summed E-state index contributed by atoms with van der Waals surface area (Å²) in [4.78, 5) is 29.8. The lowest BCUT2D eigenvalue weighted by molar-refractivity contribution is -0.142. The Bertz CT molecular complexity index is 5200. The van der Waals surface area contributed by atoms with E-state index >= 15 is 26.3 Å². The number of hydrogen-bond acceptors (Lipinski definition) is 7. The minimum Gasteiger partial charge on any atom is -0.309 e. The molecule has 0 radical (unpaired) electrons. The minimum absolute atomic E-state index is 0.247. The van der Waals surface area contributed by atoms with E-state index in [-0.39, 0.29) is 16.7 Å². The van der Waals surface area contributed by atoms with Crippen molar-refractivity contribution in [3.05, 3.63) is 278 Å². The molecule has 0 aliphatic carbocycles. The second-order valence-corrected chi connectivity index (χ2v) is 21.5. The van der Waals surface area contributed by atoms with Crippen LogP contribution in [0.4, 0.5) is 26.3 Å². The molecule has 15 rings (SSSR count). The number of rotatable bonds is 10. The van der Waals surface area contributed by atoms with Crippen molar-refractivity contribution in [1.29, 1.82) is 5.26 Å². The largest absolute Gasteiger partial charge is 0.417 e. The molecule has 15 heteroatoms. The van der Waals surface area contributed by atoms with Crippen molar-refractivity contribution in [1.82, 2.24) is 39.0 Å². The van der Waals surface area contributed by atoms with Crippen molar-refractivity contribution in [3.8, 4) is 108 Å². The van der Waals surface area contributed by atoms with Crippen molar-refractivity contribution in [3.63, 3.8) is 0 Å². The van der Waals surface area contributed by atoms with Gasteiger partial charge in [0.2, 0.25) is 0 Å². The van der Waals surface area contributed by atoms with E-state index in [0.29, 0.717) is 97.2 Å². The fourth-order valence-corrected chi connectivity index (χ4v) is 12.1. The topological polar surface area (TPSA) is 111 Å². The maximum atomic E-state index is 15.3.